The van der Waals surface area contributed by atoms with E-state index in [9.17, 15) is 0 Å². The predicted molar refractivity (Wildman–Crippen MR) is 74.1 cm³/mol. The van der Waals surface area contributed by atoms with Crippen molar-refractivity contribution in [3.63, 3.8) is 0 Å². The molecule has 2 heterocycles. The van der Waals surface area contributed by atoms with Crippen LogP contribution in [0.25, 0.3) is 0 Å². The number of halogens is 1. The molecule has 0 aliphatic carbocycles. The Morgan fingerprint density at radius 1 is 1.25 bits per heavy atom. The third-order valence-corrected chi connectivity index (χ3v) is 2.49. The van der Waals surface area contributed by atoms with Crippen molar-refractivity contribution < 1.29 is 9.47 Å². The summed E-state index contributed by atoms with van der Waals surface area (Å²) in [7, 11) is 1.57. The van der Waals surface area contributed by atoms with Gasteiger partial charge in [-0.1, -0.05) is 6.07 Å². The molecule has 1 N–H and O–H groups in total. The van der Waals surface area contributed by atoms with Crippen LogP contribution in [0.5, 0.6) is 11.9 Å². The fraction of sp³-hybridized carbons (Fsp3) is 0.333. The van der Waals surface area contributed by atoms with Crippen LogP contribution in [0.2, 0.25) is 5.28 Å². The Morgan fingerprint density at radius 2 is 2.10 bits per heavy atom. The number of hydrogen-bond donors (Lipinski definition) is 1. The lowest BCUT2D eigenvalue weighted by Crippen LogP contribution is -2.07. The van der Waals surface area contributed by atoms with Gasteiger partial charge in [0.05, 0.1) is 13.7 Å². The van der Waals surface area contributed by atoms with Crippen molar-refractivity contribution in [2.24, 2.45) is 0 Å². The smallest absolute Gasteiger partial charge is 0.322 e. The second-order valence-electron chi connectivity index (χ2n) is 3.71. The van der Waals surface area contributed by atoms with Gasteiger partial charge >= 0.3 is 6.01 Å². The third kappa shape index (κ3) is 3.92. The number of aromatic nitrogens is 4. The first-order valence-electron chi connectivity index (χ1n) is 5.98. The number of methoxy groups -OCH3 is 1. The molecule has 8 heteroatoms. The van der Waals surface area contributed by atoms with Crippen LogP contribution < -0.4 is 14.8 Å². The lowest BCUT2D eigenvalue weighted by Gasteiger charge is -2.07. The number of nitrogens with one attached hydrogen (secondary N) is 1. The van der Waals surface area contributed by atoms with E-state index in [0.29, 0.717) is 25.0 Å². The topological polar surface area (TPSA) is 82.1 Å². The average molecular weight is 296 g/mol. The van der Waals surface area contributed by atoms with Gasteiger partial charge in [0.2, 0.25) is 17.1 Å². The zero-order chi connectivity index (χ0) is 14.4. The maximum atomic E-state index is 5.80. The Kier molecular flexibility index (Phi) is 4.89. The zero-order valence-electron chi connectivity index (χ0n) is 11.1. The minimum Gasteiger partial charge on any atom is -0.481 e. The maximum absolute atomic E-state index is 5.80. The first-order chi connectivity index (χ1) is 9.71. The Labute approximate surface area is 121 Å². The van der Waals surface area contributed by atoms with E-state index in [0.717, 1.165) is 5.56 Å². The van der Waals surface area contributed by atoms with Gasteiger partial charge in [0.25, 0.3) is 0 Å². The highest BCUT2D eigenvalue weighted by Gasteiger charge is 2.05. The van der Waals surface area contributed by atoms with E-state index in [1.54, 1.807) is 19.4 Å². The van der Waals surface area contributed by atoms with Gasteiger partial charge in [0.15, 0.2) is 0 Å². The van der Waals surface area contributed by atoms with Gasteiger partial charge in [-0.05, 0) is 24.1 Å². The number of nitrogens with zero attached hydrogens (tertiary/aromatic N) is 4. The number of pyridine rings is 1. The Morgan fingerprint density at radius 3 is 2.75 bits per heavy atom. The van der Waals surface area contributed by atoms with Crippen molar-refractivity contribution >= 4 is 17.5 Å². The second kappa shape index (κ2) is 6.85. The molecule has 0 aliphatic heterocycles. The minimum atomic E-state index is 0.0822. The van der Waals surface area contributed by atoms with Crippen LogP contribution in [0.1, 0.15) is 12.5 Å². The number of ether oxygens (including phenoxy) is 2. The summed E-state index contributed by atoms with van der Waals surface area (Å²) in [5, 5.41) is 3.11. The molecular formula is C12H14ClN5O2. The normalized spacial score (nSPS) is 10.2. The molecule has 0 saturated heterocycles. The van der Waals surface area contributed by atoms with Crippen molar-refractivity contribution in [2.75, 3.05) is 19.0 Å². The highest BCUT2D eigenvalue weighted by molar-refractivity contribution is 6.28. The van der Waals surface area contributed by atoms with E-state index in [-0.39, 0.29) is 11.3 Å². The van der Waals surface area contributed by atoms with E-state index in [2.05, 4.69) is 25.3 Å². The lowest BCUT2D eigenvalue weighted by molar-refractivity contribution is 0.312. The molecule has 0 fully saturated rings. The molecule has 2 aromatic rings. The molecule has 0 unspecified atom stereocenters. The summed E-state index contributed by atoms with van der Waals surface area (Å²) in [6.45, 7) is 2.80. The molecule has 0 aliphatic rings. The Hall–Kier alpha value is -2.15. The van der Waals surface area contributed by atoms with Crippen molar-refractivity contribution in [1.29, 1.82) is 0 Å². The van der Waals surface area contributed by atoms with Gasteiger partial charge in [0, 0.05) is 18.8 Å². The number of anilines is 1. The van der Waals surface area contributed by atoms with Crippen LogP contribution in [-0.4, -0.2) is 33.7 Å². The van der Waals surface area contributed by atoms with Gasteiger partial charge in [0.1, 0.15) is 0 Å². The fourth-order valence-electron chi connectivity index (χ4n) is 1.42. The van der Waals surface area contributed by atoms with Crippen LogP contribution in [-0.2, 0) is 6.54 Å². The van der Waals surface area contributed by atoms with Crippen molar-refractivity contribution in [3.05, 3.63) is 29.2 Å². The lowest BCUT2D eigenvalue weighted by atomic mass is 10.3. The quantitative estimate of drug-likeness (QED) is 0.872. The third-order valence-electron chi connectivity index (χ3n) is 2.32. The van der Waals surface area contributed by atoms with Gasteiger partial charge < -0.3 is 14.8 Å². The predicted octanol–water partition coefficient (Wildman–Crippen LogP) is 1.94. The molecular weight excluding hydrogens is 282 g/mol. The summed E-state index contributed by atoms with van der Waals surface area (Å²) < 4.78 is 10.2. The van der Waals surface area contributed by atoms with E-state index >= 15 is 0 Å². The fourth-order valence-corrected chi connectivity index (χ4v) is 1.57. The molecule has 0 atom stereocenters. The molecule has 0 saturated carbocycles. The monoisotopic (exact) mass is 295 g/mol. The highest BCUT2D eigenvalue weighted by atomic mass is 35.5. The van der Waals surface area contributed by atoms with E-state index in [1.165, 1.54) is 0 Å². The second-order valence-corrected chi connectivity index (χ2v) is 4.04. The summed E-state index contributed by atoms with van der Waals surface area (Å²) in [6.07, 6.45) is 1.71. The van der Waals surface area contributed by atoms with Gasteiger partial charge in [-0.3, -0.25) is 0 Å². The summed E-state index contributed by atoms with van der Waals surface area (Å²) in [4.78, 5) is 16.0. The van der Waals surface area contributed by atoms with Crippen LogP contribution in [0, 0.1) is 0 Å². The standard InChI is InChI=1S/C12H14ClN5O2/c1-3-20-12-17-10(13)16-11(18-12)15-7-8-4-5-9(19-2)14-6-8/h4-6H,3,7H2,1-2H3,(H,15,16,17,18). The van der Waals surface area contributed by atoms with Gasteiger partial charge in [-0.15, -0.1) is 0 Å². The van der Waals surface area contributed by atoms with Crippen molar-refractivity contribution in [3.8, 4) is 11.9 Å². The van der Waals surface area contributed by atoms with Crippen LogP contribution in [0.15, 0.2) is 18.3 Å². The summed E-state index contributed by atoms with van der Waals surface area (Å²) >= 11 is 5.80. The van der Waals surface area contributed by atoms with Gasteiger partial charge in [-0.25, -0.2) is 4.98 Å². The largest absolute Gasteiger partial charge is 0.481 e. The molecule has 0 amide bonds. The molecule has 0 radical (unpaired) electrons. The van der Waals surface area contributed by atoms with Crippen molar-refractivity contribution in [1.82, 2.24) is 19.9 Å². The van der Waals surface area contributed by atoms with E-state index in [1.807, 2.05) is 13.0 Å². The molecule has 2 aromatic heterocycles. The molecule has 0 bridgehead atoms. The minimum absolute atomic E-state index is 0.0822. The van der Waals surface area contributed by atoms with E-state index in [4.69, 9.17) is 21.1 Å². The molecule has 7 nitrogen and oxygen atoms in total. The SMILES string of the molecule is CCOc1nc(Cl)nc(NCc2ccc(OC)nc2)n1. The molecule has 106 valence electrons. The first kappa shape index (κ1) is 14.3. The highest BCUT2D eigenvalue weighted by Crippen LogP contribution is 2.13. The van der Waals surface area contributed by atoms with Crippen LogP contribution >= 0.6 is 11.6 Å². The number of rotatable bonds is 6. The first-order valence-corrected chi connectivity index (χ1v) is 6.36. The Bertz CT molecular complexity index is 564. The average Bonchev–Trinajstić information content (AvgIpc) is 2.45. The zero-order valence-corrected chi connectivity index (χ0v) is 11.9. The summed E-state index contributed by atoms with van der Waals surface area (Å²) in [5.41, 5.74) is 0.959. The molecule has 20 heavy (non-hydrogen) atoms. The van der Waals surface area contributed by atoms with E-state index < -0.39 is 0 Å². The van der Waals surface area contributed by atoms with Crippen molar-refractivity contribution in [2.45, 2.75) is 13.5 Å². The Balaban J connectivity index is 2.02. The molecule has 2 rings (SSSR count). The van der Waals surface area contributed by atoms with Crippen LogP contribution in [0.4, 0.5) is 5.95 Å². The summed E-state index contributed by atoms with van der Waals surface area (Å²) in [6, 6.07) is 3.87. The molecule has 0 spiro atoms. The van der Waals surface area contributed by atoms with Gasteiger partial charge in [-0.2, -0.15) is 15.0 Å². The maximum Gasteiger partial charge on any atom is 0.322 e. The molecule has 0 aromatic carbocycles. The number of hydrogen-bond acceptors (Lipinski definition) is 7. The van der Waals surface area contributed by atoms with Crippen LogP contribution in [0.3, 0.4) is 0 Å². The summed E-state index contributed by atoms with van der Waals surface area (Å²) in [5.74, 6) is 0.917.